The van der Waals surface area contributed by atoms with Crippen molar-refractivity contribution in [3.8, 4) is 0 Å². The van der Waals surface area contributed by atoms with Crippen molar-refractivity contribution in [2.75, 3.05) is 13.1 Å². The van der Waals surface area contributed by atoms with Crippen LogP contribution in [0.3, 0.4) is 0 Å². The average molecular weight is 659 g/mol. The number of nitrogens with zero attached hydrogens (tertiary/aromatic N) is 4. The van der Waals surface area contributed by atoms with Crippen molar-refractivity contribution in [1.29, 1.82) is 0 Å². The molecule has 2 N–H and O–H groups in total. The Kier molecular flexibility index (Phi) is 11.2. The lowest BCUT2D eigenvalue weighted by atomic mass is 9.63. The van der Waals surface area contributed by atoms with E-state index in [0.29, 0.717) is 30.2 Å². The summed E-state index contributed by atoms with van der Waals surface area (Å²) in [5, 5.41) is 20.2. The lowest BCUT2D eigenvalue weighted by molar-refractivity contribution is -0.137. The highest BCUT2D eigenvalue weighted by atomic mass is 35.5. The fourth-order valence-electron chi connectivity index (χ4n) is 8.11. The summed E-state index contributed by atoms with van der Waals surface area (Å²) in [6, 6.07) is 13.7. The van der Waals surface area contributed by atoms with E-state index < -0.39 is 5.60 Å². The van der Waals surface area contributed by atoms with Crippen LogP contribution in [0.4, 0.5) is 4.39 Å². The zero-order chi connectivity index (χ0) is 30.6. The van der Waals surface area contributed by atoms with Crippen LogP contribution < -0.4 is 5.32 Å². The standard InChI is InChI=1S/C35H45ClFN5O2.ClH/c36-29-10-6-26(7-11-29)22-32(40-31-14-16-35(44,17-15-31)28-8-12-30(37)13-9-28)33(43)41-20-18-34(19-21-41,23-42-25-38-24-39-42)27-4-2-1-3-5-27;/h6-13,24-25,27,31-32,40,44H,1-5,14-23H2;1H/t31?,32-,35?;/m1./s1. The van der Waals surface area contributed by atoms with Gasteiger partial charge >= 0.3 is 0 Å². The van der Waals surface area contributed by atoms with Crippen molar-refractivity contribution < 1.29 is 14.3 Å². The van der Waals surface area contributed by atoms with Crippen LogP contribution in [0.25, 0.3) is 0 Å². The Labute approximate surface area is 277 Å². The van der Waals surface area contributed by atoms with E-state index >= 15 is 0 Å². The predicted molar refractivity (Wildman–Crippen MR) is 177 cm³/mol. The highest BCUT2D eigenvalue weighted by molar-refractivity contribution is 6.30. The third kappa shape index (κ3) is 8.07. The third-order valence-electron chi connectivity index (χ3n) is 10.8. The Hall–Kier alpha value is -2.52. The first-order valence-corrected chi connectivity index (χ1v) is 16.8. The van der Waals surface area contributed by atoms with Gasteiger partial charge in [-0.2, -0.15) is 5.10 Å². The summed E-state index contributed by atoms with van der Waals surface area (Å²) in [7, 11) is 0. The number of aromatic nitrogens is 3. The second-order valence-electron chi connectivity index (χ2n) is 13.5. The van der Waals surface area contributed by atoms with Crippen LogP contribution in [0.1, 0.15) is 81.8 Å². The monoisotopic (exact) mass is 657 g/mol. The highest BCUT2D eigenvalue weighted by Crippen LogP contribution is 2.47. The first-order chi connectivity index (χ1) is 21.3. The molecule has 3 aromatic rings. The normalized spacial score (nSPS) is 24.5. The minimum Gasteiger partial charge on any atom is -0.385 e. The molecular formula is C35H46Cl2FN5O2. The molecule has 2 saturated carbocycles. The van der Waals surface area contributed by atoms with Gasteiger partial charge in [-0.15, -0.1) is 12.4 Å². The van der Waals surface area contributed by atoms with E-state index in [0.717, 1.165) is 56.4 Å². The molecule has 0 spiro atoms. The number of hydrogen-bond donors (Lipinski definition) is 2. The summed E-state index contributed by atoms with van der Waals surface area (Å²) in [6.45, 7) is 2.36. The smallest absolute Gasteiger partial charge is 0.240 e. The first-order valence-electron chi connectivity index (χ1n) is 16.4. The van der Waals surface area contributed by atoms with Crippen molar-refractivity contribution in [3.05, 3.63) is 83.2 Å². The maximum absolute atomic E-state index is 14.3. The van der Waals surface area contributed by atoms with E-state index in [2.05, 4.69) is 20.3 Å². The van der Waals surface area contributed by atoms with E-state index in [9.17, 15) is 14.3 Å². The average Bonchev–Trinajstić information content (AvgIpc) is 3.56. The van der Waals surface area contributed by atoms with Gasteiger partial charge in [0.1, 0.15) is 18.5 Å². The molecule has 2 aromatic carbocycles. The molecule has 2 aliphatic carbocycles. The quantitative estimate of drug-likeness (QED) is 0.267. The minimum atomic E-state index is -0.971. The maximum atomic E-state index is 14.3. The van der Waals surface area contributed by atoms with Gasteiger partial charge in [0, 0.05) is 30.7 Å². The van der Waals surface area contributed by atoms with E-state index in [1.165, 1.54) is 44.2 Å². The maximum Gasteiger partial charge on any atom is 0.240 e. The fraction of sp³-hybridized carbons (Fsp3) is 0.571. The van der Waals surface area contributed by atoms with Gasteiger partial charge in [-0.05, 0) is 105 Å². The zero-order valence-corrected chi connectivity index (χ0v) is 27.5. The molecule has 2 heterocycles. The molecule has 0 bridgehead atoms. The minimum absolute atomic E-state index is 0. The summed E-state index contributed by atoms with van der Waals surface area (Å²) < 4.78 is 15.5. The number of likely N-dealkylation sites (tertiary alicyclic amines) is 1. The molecule has 1 amide bonds. The van der Waals surface area contributed by atoms with Crippen LogP contribution in [-0.4, -0.2) is 55.9 Å². The largest absolute Gasteiger partial charge is 0.385 e. The first kappa shape index (κ1) is 33.8. The molecule has 1 atom stereocenters. The van der Waals surface area contributed by atoms with Gasteiger partial charge in [-0.1, -0.05) is 55.1 Å². The van der Waals surface area contributed by atoms with E-state index in [-0.39, 0.29) is 41.6 Å². The van der Waals surface area contributed by atoms with Crippen LogP contribution in [0.15, 0.2) is 61.2 Å². The fourth-order valence-corrected chi connectivity index (χ4v) is 8.24. The van der Waals surface area contributed by atoms with E-state index in [1.807, 2.05) is 35.3 Å². The van der Waals surface area contributed by atoms with Crippen LogP contribution in [0, 0.1) is 17.2 Å². The summed E-state index contributed by atoms with van der Waals surface area (Å²) >= 11 is 6.17. The SMILES string of the molecule is Cl.O=C([C@@H](Cc1ccc(Cl)cc1)NC1CCC(O)(c2ccc(F)cc2)CC1)N1CCC(Cn2cncn2)(C2CCCCC2)CC1. The number of carbonyl (C=O) groups is 1. The summed E-state index contributed by atoms with van der Waals surface area (Å²) in [4.78, 5) is 20.5. The molecule has 1 saturated heterocycles. The molecule has 10 heteroatoms. The molecular weight excluding hydrogens is 612 g/mol. The molecule has 6 rings (SSSR count). The number of rotatable bonds is 9. The summed E-state index contributed by atoms with van der Waals surface area (Å²) in [5.41, 5.74) is 0.990. The Morgan fingerprint density at radius 2 is 1.64 bits per heavy atom. The van der Waals surface area contributed by atoms with Gasteiger partial charge in [0.05, 0.1) is 11.6 Å². The van der Waals surface area contributed by atoms with Crippen LogP contribution in [0.2, 0.25) is 5.02 Å². The molecule has 45 heavy (non-hydrogen) atoms. The number of carbonyl (C=O) groups excluding carboxylic acids is 1. The number of halogens is 3. The van der Waals surface area contributed by atoms with Gasteiger partial charge in [0.2, 0.25) is 5.91 Å². The van der Waals surface area contributed by atoms with Gasteiger partial charge < -0.3 is 15.3 Å². The molecule has 3 aliphatic rings. The molecule has 0 unspecified atom stereocenters. The van der Waals surface area contributed by atoms with Crippen molar-refractivity contribution in [2.24, 2.45) is 11.3 Å². The van der Waals surface area contributed by atoms with Crippen LogP contribution in [0.5, 0.6) is 0 Å². The Morgan fingerprint density at radius 1 is 0.978 bits per heavy atom. The van der Waals surface area contributed by atoms with Crippen molar-refractivity contribution in [3.63, 3.8) is 0 Å². The number of aliphatic hydroxyl groups is 1. The predicted octanol–water partition coefficient (Wildman–Crippen LogP) is 6.71. The molecule has 0 radical (unpaired) electrons. The van der Waals surface area contributed by atoms with Gasteiger partial charge in [-0.3, -0.25) is 9.48 Å². The molecule has 1 aromatic heterocycles. The second kappa shape index (κ2) is 14.9. The summed E-state index contributed by atoms with van der Waals surface area (Å²) in [5.74, 6) is 0.503. The van der Waals surface area contributed by atoms with Gasteiger partial charge in [0.25, 0.3) is 0 Å². The van der Waals surface area contributed by atoms with E-state index in [4.69, 9.17) is 11.6 Å². The second-order valence-corrected chi connectivity index (χ2v) is 13.9. The number of benzene rings is 2. The van der Waals surface area contributed by atoms with E-state index in [1.54, 1.807) is 18.5 Å². The lowest BCUT2D eigenvalue weighted by Gasteiger charge is -2.48. The molecule has 1 aliphatic heterocycles. The van der Waals surface area contributed by atoms with Crippen molar-refractivity contribution in [2.45, 2.75) is 101 Å². The molecule has 3 fully saturated rings. The topological polar surface area (TPSA) is 83.3 Å². The highest BCUT2D eigenvalue weighted by Gasteiger charge is 2.44. The molecule has 244 valence electrons. The van der Waals surface area contributed by atoms with Crippen LogP contribution in [-0.2, 0) is 23.4 Å². The zero-order valence-electron chi connectivity index (χ0n) is 25.9. The summed E-state index contributed by atoms with van der Waals surface area (Å²) in [6.07, 6.45) is 15.0. The van der Waals surface area contributed by atoms with Crippen molar-refractivity contribution >= 4 is 29.9 Å². The Balaban J connectivity index is 0.00000400. The number of nitrogens with one attached hydrogen (secondary N) is 1. The van der Waals surface area contributed by atoms with Gasteiger partial charge in [-0.25, -0.2) is 9.37 Å². The molecule has 7 nitrogen and oxygen atoms in total. The van der Waals surface area contributed by atoms with Gasteiger partial charge in [0.15, 0.2) is 0 Å². The number of hydrogen-bond acceptors (Lipinski definition) is 5. The van der Waals surface area contributed by atoms with Crippen molar-refractivity contribution in [1.82, 2.24) is 25.0 Å². The third-order valence-corrected chi connectivity index (χ3v) is 11.0. The van der Waals surface area contributed by atoms with Crippen LogP contribution >= 0.6 is 24.0 Å². The number of piperidine rings is 1. The Bertz CT molecular complexity index is 1350. The number of amides is 1. The Morgan fingerprint density at radius 3 is 2.27 bits per heavy atom. The lowest BCUT2D eigenvalue weighted by Crippen LogP contribution is -2.56.